The minimum atomic E-state index is -0.395. The molecule has 2 aromatic carbocycles. The molecule has 1 N–H and O–H groups in total. The van der Waals surface area contributed by atoms with E-state index in [1.54, 1.807) is 36.4 Å². The number of carbonyl (C=O) groups is 1. The van der Waals surface area contributed by atoms with Gasteiger partial charge in [-0.2, -0.15) is 0 Å². The van der Waals surface area contributed by atoms with Gasteiger partial charge in [0, 0.05) is 18.7 Å². The molecule has 0 spiro atoms. The summed E-state index contributed by atoms with van der Waals surface area (Å²) in [5.41, 5.74) is 2.10. The van der Waals surface area contributed by atoms with Gasteiger partial charge in [-0.05, 0) is 48.7 Å². The van der Waals surface area contributed by atoms with Crippen molar-refractivity contribution >= 4 is 17.4 Å². The van der Waals surface area contributed by atoms with E-state index in [0.29, 0.717) is 17.0 Å². The highest BCUT2D eigenvalue weighted by molar-refractivity contribution is 5.93. The van der Waals surface area contributed by atoms with Crippen molar-refractivity contribution in [3.63, 3.8) is 0 Å². The first kappa shape index (κ1) is 20.1. The summed E-state index contributed by atoms with van der Waals surface area (Å²) in [4.78, 5) is 19.2. The van der Waals surface area contributed by atoms with Crippen LogP contribution in [0.25, 0.3) is 5.65 Å². The van der Waals surface area contributed by atoms with Gasteiger partial charge in [0.15, 0.2) is 11.3 Å². The molecule has 2 aromatic heterocycles. The molecule has 1 aliphatic rings. The van der Waals surface area contributed by atoms with E-state index in [1.165, 1.54) is 22.8 Å². The normalized spacial score (nSPS) is 15.9. The summed E-state index contributed by atoms with van der Waals surface area (Å²) in [6, 6.07) is 16.6. The summed E-state index contributed by atoms with van der Waals surface area (Å²) in [6.07, 6.45) is 3.31. The van der Waals surface area contributed by atoms with Gasteiger partial charge in [0.25, 0.3) is 5.91 Å². The highest BCUT2D eigenvalue weighted by Crippen LogP contribution is 2.35. The second-order valence-corrected chi connectivity index (χ2v) is 7.79. The number of anilines is 1. The van der Waals surface area contributed by atoms with E-state index >= 15 is 0 Å². The summed E-state index contributed by atoms with van der Waals surface area (Å²) in [5, 5.41) is 7.39. The van der Waals surface area contributed by atoms with E-state index in [9.17, 15) is 13.6 Å². The zero-order valence-electron chi connectivity index (χ0n) is 17.2. The van der Waals surface area contributed by atoms with Crippen LogP contribution >= 0.6 is 0 Å². The van der Waals surface area contributed by atoms with Gasteiger partial charge in [-0.15, -0.1) is 5.10 Å². The van der Waals surface area contributed by atoms with Crippen LogP contribution in [0.2, 0.25) is 0 Å². The lowest BCUT2D eigenvalue weighted by molar-refractivity contribution is 0.0943. The summed E-state index contributed by atoms with van der Waals surface area (Å²) in [5.74, 6) is -0.344. The Bertz CT molecular complexity index is 1290. The molecule has 8 heteroatoms. The summed E-state index contributed by atoms with van der Waals surface area (Å²) < 4.78 is 29.1. The van der Waals surface area contributed by atoms with E-state index in [2.05, 4.69) is 20.3 Å². The van der Waals surface area contributed by atoms with Crippen LogP contribution < -0.4 is 10.2 Å². The maximum absolute atomic E-state index is 13.9. The molecule has 1 amide bonds. The number of nitrogens with one attached hydrogen (secondary N) is 1. The number of benzene rings is 2. The van der Waals surface area contributed by atoms with Crippen molar-refractivity contribution in [2.24, 2.45) is 0 Å². The van der Waals surface area contributed by atoms with Crippen LogP contribution in [-0.4, -0.2) is 27.0 Å². The van der Waals surface area contributed by atoms with Gasteiger partial charge in [-0.1, -0.05) is 30.3 Å². The average Bonchev–Trinajstić information content (AvgIpc) is 3.45. The fourth-order valence-corrected chi connectivity index (χ4v) is 4.18. The molecule has 0 radical (unpaired) electrons. The zero-order valence-corrected chi connectivity index (χ0v) is 17.2. The standard InChI is InChI=1S/C24H21F2N5O/c25-18-7-3-6-16(13-18)20-9-4-12-30(20)23-11-10-22-27-15-21(31(22)29-23)24(32)28-14-17-5-1-2-8-19(17)26/h1-3,5-8,10-11,13,15,20H,4,9,12,14H2,(H,28,32)/t20-/m1/s1. The van der Waals surface area contributed by atoms with E-state index in [4.69, 9.17) is 0 Å². The Kier molecular flexibility index (Phi) is 5.26. The smallest absolute Gasteiger partial charge is 0.271 e. The number of aromatic nitrogens is 3. The first-order chi connectivity index (χ1) is 15.6. The molecule has 1 fully saturated rings. The third-order valence-corrected chi connectivity index (χ3v) is 5.76. The largest absolute Gasteiger partial charge is 0.348 e. The van der Waals surface area contributed by atoms with Crippen LogP contribution in [0.1, 0.15) is 40.5 Å². The molecular weight excluding hydrogens is 412 g/mol. The Morgan fingerprint density at radius 1 is 1.09 bits per heavy atom. The lowest BCUT2D eigenvalue weighted by Crippen LogP contribution is -2.27. The highest BCUT2D eigenvalue weighted by atomic mass is 19.1. The van der Waals surface area contributed by atoms with Crippen LogP contribution in [-0.2, 0) is 6.54 Å². The van der Waals surface area contributed by atoms with Crippen molar-refractivity contribution in [2.75, 3.05) is 11.4 Å². The molecule has 0 saturated carbocycles. The molecule has 1 saturated heterocycles. The van der Waals surface area contributed by atoms with Crippen molar-refractivity contribution in [1.82, 2.24) is 19.9 Å². The van der Waals surface area contributed by atoms with Crippen LogP contribution in [0.4, 0.5) is 14.6 Å². The molecular formula is C24H21F2N5O. The quantitative estimate of drug-likeness (QED) is 0.510. The predicted molar refractivity (Wildman–Crippen MR) is 116 cm³/mol. The molecule has 0 bridgehead atoms. The number of hydrogen-bond acceptors (Lipinski definition) is 4. The average molecular weight is 433 g/mol. The lowest BCUT2D eigenvalue weighted by atomic mass is 10.0. The molecule has 0 unspecified atom stereocenters. The van der Waals surface area contributed by atoms with Crippen molar-refractivity contribution in [3.05, 3.63) is 95.3 Å². The fourth-order valence-electron chi connectivity index (χ4n) is 4.18. The SMILES string of the molecule is O=C(NCc1ccccc1F)c1cnc2ccc(N3CCC[C@@H]3c3cccc(F)c3)nn12. The molecule has 4 aromatic rings. The molecule has 3 heterocycles. The van der Waals surface area contributed by atoms with Gasteiger partial charge < -0.3 is 10.2 Å². The lowest BCUT2D eigenvalue weighted by Gasteiger charge is -2.26. The fraction of sp³-hybridized carbons (Fsp3) is 0.208. The van der Waals surface area contributed by atoms with Crippen molar-refractivity contribution < 1.29 is 13.6 Å². The monoisotopic (exact) mass is 433 g/mol. The molecule has 32 heavy (non-hydrogen) atoms. The molecule has 0 aliphatic carbocycles. The van der Waals surface area contributed by atoms with E-state index in [-0.39, 0.29) is 29.9 Å². The first-order valence-electron chi connectivity index (χ1n) is 10.5. The Morgan fingerprint density at radius 3 is 2.81 bits per heavy atom. The minimum Gasteiger partial charge on any atom is -0.348 e. The van der Waals surface area contributed by atoms with Crippen molar-refractivity contribution in [3.8, 4) is 0 Å². The summed E-state index contributed by atoms with van der Waals surface area (Å²) >= 11 is 0. The number of rotatable bonds is 5. The van der Waals surface area contributed by atoms with Gasteiger partial charge >= 0.3 is 0 Å². The van der Waals surface area contributed by atoms with Crippen molar-refractivity contribution in [2.45, 2.75) is 25.4 Å². The summed E-state index contributed by atoms with van der Waals surface area (Å²) in [6.45, 7) is 0.843. The molecule has 1 aliphatic heterocycles. The second-order valence-electron chi connectivity index (χ2n) is 7.79. The van der Waals surface area contributed by atoms with Gasteiger partial charge in [0.2, 0.25) is 0 Å². The number of halogens is 2. The maximum atomic E-state index is 13.9. The number of nitrogens with zero attached hydrogens (tertiary/aromatic N) is 4. The van der Waals surface area contributed by atoms with Crippen molar-refractivity contribution in [1.29, 1.82) is 0 Å². The van der Waals surface area contributed by atoms with Crippen LogP contribution in [0.15, 0.2) is 66.9 Å². The molecule has 162 valence electrons. The number of carbonyl (C=O) groups excluding carboxylic acids is 1. The van der Waals surface area contributed by atoms with Crippen LogP contribution in [0, 0.1) is 11.6 Å². The highest BCUT2D eigenvalue weighted by Gasteiger charge is 2.28. The summed E-state index contributed by atoms with van der Waals surface area (Å²) in [7, 11) is 0. The zero-order chi connectivity index (χ0) is 22.1. The number of imidazole rings is 1. The number of amides is 1. The van der Waals surface area contributed by atoms with Crippen LogP contribution in [0.3, 0.4) is 0 Å². The topological polar surface area (TPSA) is 62.5 Å². The van der Waals surface area contributed by atoms with Crippen LogP contribution in [0.5, 0.6) is 0 Å². The third-order valence-electron chi connectivity index (χ3n) is 5.76. The Balaban J connectivity index is 1.41. The third kappa shape index (κ3) is 3.79. The molecule has 1 atom stereocenters. The van der Waals surface area contributed by atoms with E-state index in [0.717, 1.165) is 24.9 Å². The number of hydrogen-bond donors (Lipinski definition) is 1. The maximum Gasteiger partial charge on any atom is 0.271 e. The predicted octanol–water partition coefficient (Wildman–Crippen LogP) is 4.28. The molecule has 5 rings (SSSR count). The first-order valence-corrected chi connectivity index (χ1v) is 10.5. The minimum absolute atomic E-state index is 0.0116. The van der Waals surface area contributed by atoms with Gasteiger partial charge in [0.05, 0.1) is 12.2 Å². The van der Waals surface area contributed by atoms with Gasteiger partial charge in [-0.3, -0.25) is 4.79 Å². The Labute approximate surface area is 183 Å². The van der Waals surface area contributed by atoms with Gasteiger partial charge in [0.1, 0.15) is 17.5 Å². The second kappa shape index (κ2) is 8.37. The Hall–Kier alpha value is -3.81. The van der Waals surface area contributed by atoms with E-state index in [1.807, 2.05) is 12.1 Å². The Morgan fingerprint density at radius 2 is 1.97 bits per heavy atom. The van der Waals surface area contributed by atoms with E-state index < -0.39 is 5.91 Å². The number of fused-ring (bicyclic) bond motifs is 1. The van der Waals surface area contributed by atoms with Gasteiger partial charge in [-0.25, -0.2) is 18.3 Å². The molecule has 6 nitrogen and oxygen atoms in total.